The minimum Gasteiger partial charge on any atom is -0.271 e. The van der Waals surface area contributed by atoms with Crippen LogP contribution in [0.3, 0.4) is 0 Å². The molecule has 0 aromatic carbocycles. The molecule has 0 bridgehead atoms. The van der Waals surface area contributed by atoms with Gasteiger partial charge in [-0.3, -0.25) is 11.3 Å². The minimum absolute atomic E-state index is 0.613. The van der Waals surface area contributed by atoms with Crippen LogP contribution in [0.15, 0.2) is 0 Å². The molecular formula is C11H24N2. The van der Waals surface area contributed by atoms with E-state index in [9.17, 15) is 0 Å². The van der Waals surface area contributed by atoms with Crippen LogP contribution in [0.4, 0.5) is 0 Å². The Hall–Kier alpha value is -0.0800. The first-order chi connectivity index (χ1) is 6.38. The summed E-state index contributed by atoms with van der Waals surface area (Å²) in [7, 11) is 0. The lowest BCUT2D eigenvalue weighted by atomic mass is 9.96. The smallest absolute Gasteiger partial charge is 0.0238 e. The van der Waals surface area contributed by atoms with Crippen molar-refractivity contribution in [3.05, 3.63) is 0 Å². The molecule has 13 heavy (non-hydrogen) atoms. The molecule has 1 rings (SSSR count). The molecule has 2 atom stereocenters. The van der Waals surface area contributed by atoms with Gasteiger partial charge in [-0.25, -0.2) is 0 Å². The summed E-state index contributed by atoms with van der Waals surface area (Å²) >= 11 is 0. The zero-order valence-corrected chi connectivity index (χ0v) is 8.89. The first-order valence-electron chi connectivity index (χ1n) is 5.84. The molecule has 0 aliphatic heterocycles. The van der Waals surface area contributed by atoms with E-state index in [0.717, 1.165) is 5.92 Å². The van der Waals surface area contributed by atoms with E-state index in [4.69, 9.17) is 5.84 Å². The summed E-state index contributed by atoms with van der Waals surface area (Å²) < 4.78 is 0. The second-order valence-corrected chi connectivity index (χ2v) is 4.31. The largest absolute Gasteiger partial charge is 0.271 e. The predicted molar refractivity (Wildman–Crippen MR) is 57.2 cm³/mol. The Morgan fingerprint density at radius 1 is 1.23 bits per heavy atom. The van der Waals surface area contributed by atoms with Gasteiger partial charge >= 0.3 is 0 Å². The molecule has 3 N–H and O–H groups in total. The number of nitrogens with one attached hydrogen (secondary N) is 1. The molecule has 0 radical (unpaired) electrons. The van der Waals surface area contributed by atoms with Crippen LogP contribution in [-0.4, -0.2) is 6.04 Å². The quantitative estimate of drug-likeness (QED) is 0.378. The van der Waals surface area contributed by atoms with Crippen LogP contribution in [0.2, 0.25) is 0 Å². The second kappa shape index (κ2) is 6.39. The standard InChI is InChI=1S/C11H24N2/c1-2-3-4-5-7-10-8-6-9-11(10)13-12/h10-11,13H,2-9,12H2,1H3. The number of hydrogen-bond donors (Lipinski definition) is 2. The molecule has 0 heterocycles. The SMILES string of the molecule is CCCCCCC1CCCC1NN. The maximum absolute atomic E-state index is 5.50. The molecule has 0 aromatic rings. The van der Waals surface area contributed by atoms with E-state index in [2.05, 4.69) is 12.3 Å². The second-order valence-electron chi connectivity index (χ2n) is 4.31. The molecular weight excluding hydrogens is 160 g/mol. The molecule has 1 aliphatic carbocycles. The van der Waals surface area contributed by atoms with Crippen LogP contribution >= 0.6 is 0 Å². The van der Waals surface area contributed by atoms with Crippen molar-refractivity contribution in [3.8, 4) is 0 Å². The van der Waals surface area contributed by atoms with Gasteiger partial charge in [0.25, 0.3) is 0 Å². The third-order valence-electron chi connectivity index (χ3n) is 3.30. The van der Waals surface area contributed by atoms with Crippen LogP contribution in [0.25, 0.3) is 0 Å². The van der Waals surface area contributed by atoms with Gasteiger partial charge in [-0.2, -0.15) is 0 Å². The maximum atomic E-state index is 5.50. The Kier molecular flexibility index (Phi) is 5.40. The molecule has 1 saturated carbocycles. The molecule has 0 amide bonds. The van der Waals surface area contributed by atoms with E-state index >= 15 is 0 Å². The van der Waals surface area contributed by atoms with E-state index in [-0.39, 0.29) is 0 Å². The average Bonchev–Trinajstić information content (AvgIpc) is 2.60. The lowest BCUT2D eigenvalue weighted by Crippen LogP contribution is -2.37. The van der Waals surface area contributed by atoms with E-state index in [1.165, 1.54) is 51.4 Å². The summed E-state index contributed by atoms with van der Waals surface area (Å²) in [6.45, 7) is 2.26. The molecule has 0 aromatic heterocycles. The lowest BCUT2D eigenvalue weighted by Gasteiger charge is -2.18. The van der Waals surface area contributed by atoms with Crippen LogP contribution in [0, 0.1) is 5.92 Å². The Morgan fingerprint density at radius 2 is 2.08 bits per heavy atom. The highest BCUT2D eigenvalue weighted by Crippen LogP contribution is 2.29. The van der Waals surface area contributed by atoms with E-state index in [1.54, 1.807) is 0 Å². The molecule has 0 spiro atoms. The Morgan fingerprint density at radius 3 is 2.77 bits per heavy atom. The van der Waals surface area contributed by atoms with Crippen molar-refractivity contribution in [1.82, 2.24) is 5.43 Å². The van der Waals surface area contributed by atoms with Gasteiger partial charge in [0.15, 0.2) is 0 Å². The molecule has 1 fully saturated rings. The number of nitrogens with two attached hydrogens (primary N) is 1. The van der Waals surface area contributed by atoms with Crippen LogP contribution < -0.4 is 11.3 Å². The fourth-order valence-electron chi connectivity index (χ4n) is 2.44. The molecule has 2 nitrogen and oxygen atoms in total. The molecule has 2 heteroatoms. The minimum atomic E-state index is 0.613. The summed E-state index contributed by atoms with van der Waals surface area (Å²) in [5.41, 5.74) is 2.95. The number of unbranched alkanes of at least 4 members (excludes halogenated alkanes) is 3. The summed E-state index contributed by atoms with van der Waals surface area (Å²) in [5, 5.41) is 0. The van der Waals surface area contributed by atoms with Crippen molar-refractivity contribution >= 4 is 0 Å². The van der Waals surface area contributed by atoms with Gasteiger partial charge in [-0.15, -0.1) is 0 Å². The van der Waals surface area contributed by atoms with Crippen LogP contribution in [0.5, 0.6) is 0 Å². The normalized spacial score (nSPS) is 28.2. The lowest BCUT2D eigenvalue weighted by molar-refractivity contribution is 0.371. The van der Waals surface area contributed by atoms with Crippen molar-refractivity contribution in [1.29, 1.82) is 0 Å². The fraction of sp³-hybridized carbons (Fsp3) is 1.00. The van der Waals surface area contributed by atoms with E-state index < -0.39 is 0 Å². The Balaban J connectivity index is 2.06. The molecule has 2 unspecified atom stereocenters. The molecule has 1 aliphatic rings. The maximum Gasteiger partial charge on any atom is 0.0238 e. The van der Waals surface area contributed by atoms with Gasteiger partial charge in [-0.1, -0.05) is 39.0 Å². The zero-order valence-electron chi connectivity index (χ0n) is 8.89. The van der Waals surface area contributed by atoms with Crippen molar-refractivity contribution < 1.29 is 0 Å². The first kappa shape index (κ1) is 11.0. The van der Waals surface area contributed by atoms with E-state index in [0.29, 0.717) is 6.04 Å². The number of hydrazine groups is 1. The van der Waals surface area contributed by atoms with Gasteiger partial charge < -0.3 is 0 Å². The fourth-order valence-corrected chi connectivity index (χ4v) is 2.44. The third kappa shape index (κ3) is 3.65. The highest BCUT2D eigenvalue weighted by molar-refractivity contribution is 4.81. The Labute approximate surface area is 82.2 Å². The molecule has 0 saturated heterocycles. The average molecular weight is 184 g/mol. The summed E-state index contributed by atoms with van der Waals surface area (Å²) in [6.07, 6.45) is 11.0. The van der Waals surface area contributed by atoms with Gasteiger partial charge in [0.2, 0.25) is 0 Å². The number of hydrogen-bond acceptors (Lipinski definition) is 2. The Bertz CT molecular complexity index is 125. The predicted octanol–water partition coefficient (Wildman–Crippen LogP) is 2.59. The third-order valence-corrected chi connectivity index (χ3v) is 3.30. The van der Waals surface area contributed by atoms with E-state index in [1.807, 2.05) is 0 Å². The van der Waals surface area contributed by atoms with Crippen molar-refractivity contribution in [3.63, 3.8) is 0 Å². The van der Waals surface area contributed by atoms with Crippen LogP contribution in [-0.2, 0) is 0 Å². The zero-order chi connectivity index (χ0) is 9.52. The van der Waals surface area contributed by atoms with Gasteiger partial charge in [-0.05, 0) is 25.2 Å². The highest BCUT2D eigenvalue weighted by atomic mass is 15.2. The van der Waals surface area contributed by atoms with Crippen molar-refractivity contribution in [2.75, 3.05) is 0 Å². The number of rotatable bonds is 6. The summed E-state index contributed by atoms with van der Waals surface area (Å²) in [6, 6.07) is 0.613. The monoisotopic (exact) mass is 184 g/mol. The van der Waals surface area contributed by atoms with Gasteiger partial charge in [0, 0.05) is 6.04 Å². The first-order valence-corrected chi connectivity index (χ1v) is 5.84. The van der Waals surface area contributed by atoms with Crippen molar-refractivity contribution in [2.45, 2.75) is 64.3 Å². The topological polar surface area (TPSA) is 38.0 Å². The van der Waals surface area contributed by atoms with Crippen molar-refractivity contribution in [2.24, 2.45) is 11.8 Å². The van der Waals surface area contributed by atoms with Gasteiger partial charge in [0.1, 0.15) is 0 Å². The molecule has 78 valence electrons. The summed E-state index contributed by atoms with van der Waals surface area (Å²) in [4.78, 5) is 0. The van der Waals surface area contributed by atoms with Gasteiger partial charge in [0.05, 0.1) is 0 Å². The van der Waals surface area contributed by atoms with Crippen LogP contribution in [0.1, 0.15) is 58.3 Å². The summed E-state index contributed by atoms with van der Waals surface area (Å²) in [5.74, 6) is 6.37. The highest BCUT2D eigenvalue weighted by Gasteiger charge is 2.25.